The molecule has 0 spiro atoms. The highest BCUT2D eigenvalue weighted by Gasteiger charge is 2.17. The van der Waals surface area contributed by atoms with Crippen molar-refractivity contribution in [2.45, 2.75) is 19.4 Å². The maximum atomic E-state index is 6.00. The monoisotopic (exact) mass is 212 g/mol. The summed E-state index contributed by atoms with van der Waals surface area (Å²) in [5.74, 6) is 0.547. The van der Waals surface area contributed by atoms with Gasteiger partial charge in [-0.05, 0) is 31.5 Å². The third-order valence-corrected chi connectivity index (χ3v) is 2.51. The van der Waals surface area contributed by atoms with Crippen LogP contribution in [0.15, 0.2) is 12.3 Å². The third-order valence-electron chi connectivity index (χ3n) is 2.24. The summed E-state index contributed by atoms with van der Waals surface area (Å²) in [4.78, 5) is 4.16. The average molecular weight is 213 g/mol. The van der Waals surface area contributed by atoms with Crippen molar-refractivity contribution in [2.24, 2.45) is 0 Å². The molecule has 4 heteroatoms. The van der Waals surface area contributed by atoms with E-state index in [2.05, 4.69) is 10.3 Å². The first-order chi connectivity index (χ1) is 6.75. The molecule has 1 fully saturated rings. The van der Waals surface area contributed by atoms with E-state index in [1.165, 1.54) is 0 Å². The molecule has 0 aromatic carbocycles. The van der Waals surface area contributed by atoms with Crippen LogP contribution in [0.25, 0.3) is 0 Å². The number of pyridine rings is 1. The van der Waals surface area contributed by atoms with Gasteiger partial charge in [0.15, 0.2) is 0 Å². The Balaban J connectivity index is 2.08. The number of rotatable bonds is 2. The van der Waals surface area contributed by atoms with Crippen molar-refractivity contribution in [1.82, 2.24) is 10.3 Å². The predicted octanol–water partition coefficient (Wildman–Crippen LogP) is 1.78. The summed E-state index contributed by atoms with van der Waals surface area (Å²) in [5.41, 5.74) is 1.05. The van der Waals surface area contributed by atoms with Crippen LogP contribution in [-0.4, -0.2) is 24.2 Å². The number of nitrogens with zero attached hydrogens (tertiary/aromatic N) is 1. The molecule has 1 aliphatic heterocycles. The van der Waals surface area contributed by atoms with Crippen LogP contribution in [0.3, 0.4) is 0 Å². The first kappa shape index (κ1) is 9.74. The van der Waals surface area contributed by atoms with E-state index < -0.39 is 0 Å². The third kappa shape index (κ3) is 2.16. The largest absolute Gasteiger partial charge is 0.472 e. The van der Waals surface area contributed by atoms with Crippen molar-refractivity contribution in [3.05, 3.63) is 22.8 Å². The van der Waals surface area contributed by atoms with Crippen LogP contribution < -0.4 is 10.1 Å². The quantitative estimate of drug-likeness (QED) is 0.812. The Labute approximate surface area is 88.4 Å². The van der Waals surface area contributed by atoms with Gasteiger partial charge in [0.2, 0.25) is 5.88 Å². The molecule has 2 heterocycles. The van der Waals surface area contributed by atoms with Crippen molar-refractivity contribution in [2.75, 3.05) is 13.1 Å². The lowest BCUT2D eigenvalue weighted by atomic mass is 10.3. The molecule has 1 aliphatic rings. The van der Waals surface area contributed by atoms with Crippen LogP contribution in [0.4, 0.5) is 0 Å². The lowest BCUT2D eigenvalue weighted by Crippen LogP contribution is -2.20. The molecule has 1 aromatic rings. The van der Waals surface area contributed by atoms with Gasteiger partial charge in [0, 0.05) is 12.7 Å². The Morgan fingerprint density at radius 1 is 1.64 bits per heavy atom. The summed E-state index contributed by atoms with van der Waals surface area (Å²) < 4.78 is 5.66. The molecule has 2 rings (SSSR count). The second-order valence-electron chi connectivity index (χ2n) is 3.53. The maximum absolute atomic E-state index is 6.00. The van der Waals surface area contributed by atoms with Crippen LogP contribution in [0.1, 0.15) is 12.0 Å². The maximum Gasteiger partial charge on any atom is 0.232 e. The number of halogens is 1. The van der Waals surface area contributed by atoms with E-state index >= 15 is 0 Å². The molecule has 0 bridgehead atoms. The number of ether oxygens (including phenoxy) is 1. The van der Waals surface area contributed by atoms with E-state index in [0.29, 0.717) is 10.9 Å². The zero-order chi connectivity index (χ0) is 9.97. The molecule has 14 heavy (non-hydrogen) atoms. The standard InChI is InChI=1S/C10H13ClN2O/c1-7-4-9(11)10(13-5-7)14-8-2-3-12-6-8/h4-5,8,12H,2-3,6H2,1H3. The molecular formula is C10H13ClN2O. The molecular weight excluding hydrogens is 200 g/mol. The summed E-state index contributed by atoms with van der Waals surface area (Å²) in [6, 6.07) is 1.87. The molecule has 0 aliphatic carbocycles. The van der Waals surface area contributed by atoms with Gasteiger partial charge < -0.3 is 10.1 Å². The van der Waals surface area contributed by atoms with Gasteiger partial charge in [-0.15, -0.1) is 0 Å². The van der Waals surface area contributed by atoms with Crippen molar-refractivity contribution < 1.29 is 4.74 Å². The Hall–Kier alpha value is -0.800. The summed E-state index contributed by atoms with van der Waals surface area (Å²) >= 11 is 6.00. The number of aryl methyl sites for hydroxylation is 1. The van der Waals surface area contributed by atoms with Crippen molar-refractivity contribution >= 4 is 11.6 Å². The summed E-state index contributed by atoms with van der Waals surface area (Å²) in [6.07, 6.45) is 3.00. The molecule has 76 valence electrons. The molecule has 0 amide bonds. The van der Waals surface area contributed by atoms with Crippen molar-refractivity contribution in [3.8, 4) is 5.88 Å². The number of hydrogen-bond donors (Lipinski definition) is 1. The van der Waals surface area contributed by atoms with E-state index in [4.69, 9.17) is 16.3 Å². The molecule has 1 aromatic heterocycles. The van der Waals surface area contributed by atoms with Gasteiger partial charge >= 0.3 is 0 Å². The second kappa shape index (κ2) is 4.15. The molecule has 1 saturated heterocycles. The number of nitrogens with one attached hydrogen (secondary N) is 1. The van der Waals surface area contributed by atoms with E-state index in [1.54, 1.807) is 6.20 Å². The lowest BCUT2D eigenvalue weighted by molar-refractivity contribution is 0.214. The van der Waals surface area contributed by atoms with Gasteiger partial charge in [0.05, 0.1) is 0 Å². The van der Waals surface area contributed by atoms with E-state index in [-0.39, 0.29) is 6.10 Å². The van der Waals surface area contributed by atoms with Gasteiger partial charge in [0.1, 0.15) is 11.1 Å². The molecule has 1 unspecified atom stereocenters. The van der Waals surface area contributed by atoms with E-state index in [1.807, 2.05) is 13.0 Å². The van der Waals surface area contributed by atoms with Gasteiger partial charge in [0.25, 0.3) is 0 Å². The molecule has 0 radical (unpaired) electrons. The topological polar surface area (TPSA) is 34.1 Å². The molecule has 3 nitrogen and oxygen atoms in total. The van der Waals surface area contributed by atoms with Crippen LogP contribution in [0.2, 0.25) is 5.02 Å². The predicted molar refractivity (Wildman–Crippen MR) is 55.9 cm³/mol. The highest BCUT2D eigenvalue weighted by molar-refractivity contribution is 6.31. The lowest BCUT2D eigenvalue weighted by Gasteiger charge is -2.12. The zero-order valence-electron chi connectivity index (χ0n) is 8.09. The fraction of sp³-hybridized carbons (Fsp3) is 0.500. The molecule has 1 atom stereocenters. The Bertz CT molecular complexity index is 324. The Kier molecular flexibility index (Phi) is 2.89. The summed E-state index contributed by atoms with van der Waals surface area (Å²) in [6.45, 7) is 3.85. The Morgan fingerprint density at radius 3 is 3.14 bits per heavy atom. The minimum absolute atomic E-state index is 0.211. The second-order valence-corrected chi connectivity index (χ2v) is 3.94. The fourth-order valence-electron chi connectivity index (χ4n) is 1.49. The van der Waals surface area contributed by atoms with Crippen LogP contribution in [0, 0.1) is 6.92 Å². The highest BCUT2D eigenvalue weighted by Crippen LogP contribution is 2.23. The minimum atomic E-state index is 0.211. The number of aromatic nitrogens is 1. The minimum Gasteiger partial charge on any atom is -0.472 e. The van der Waals surface area contributed by atoms with E-state index in [9.17, 15) is 0 Å². The van der Waals surface area contributed by atoms with Crippen LogP contribution >= 0.6 is 11.6 Å². The van der Waals surface area contributed by atoms with Crippen LogP contribution in [-0.2, 0) is 0 Å². The highest BCUT2D eigenvalue weighted by atomic mass is 35.5. The first-order valence-electron chi connectivity index (χ1n) is 4.75. The smallest absolute Gasteiger partial charge is 0.232 e. The molecule has 0 saturated carbocycles. The average Bonchev–Trinajstić information content (AvgIpc) is 2.62. The summed E-state index contributed by atoms with van der Waals surface area (Å²) in [5, 5.41) is 3.82. The van der Waals surface area contributed by atoms with Gasteiger partial charge in [-0.3, -0.25) is 0 Å². The Morgan fingerprint density at radius 2 is 2.50 bits per heavy atom. The van der Waals surface area contributed by atoms with Crippen molar-refractivity contribution in [1.29, 1.82) is 0 Å². The number of hydrogen-bond acceptors (Lipinski definition) is 3. The summed E-state index contributed by atoms with van der Waals surface area (Å²) in [7, 11) is 0. The first-order valence-corrected chi connectivity index (χ1v) is 5.13. The normalized spacial score (nSPS) is 21.1. The van der Waals surface area contributed by atoms with Crippen LogP contribution in [0.5, 0.6) is 5.88 Å². The van der Waals surface area contributed by atoms with Gasteiger partial charge in [-0.2, -0.15) is 0 Å². The molecule has 1 N–H and O–H groups in total. The van der Waals surface area contributed by atoms with E-state index in [0.717, 1.165) is 25.1 Å². The SMILES string of the molecule is Cc1cnc(OC2CCNC2)c(Cl)c1. The fourth-order valence-corrected chi connectivity index (χ4v) is 1.76. The van der Waals surface area contributed by atoms with Crippen molar-refractivity contribution in [3.63, 3.8) is 0 Å². The zero-order valence-corrected chi connectivity index (χ0v) is 8.84. The van der Waals surface area contributed by atoms with Gasteiger partial charge in [-0.25, -0.2) is 4.98 Å². The van der Waals surface area contributed by atoms with Gasteiger partial charge in [-0.1, -0.05) is 11.6 Å².